The van der Waals surface area contributed by atoms with Crippen molar-refractivity contribution in [3.63, 3.8) is 0 Å². The zero-order valence-corrected chi connectivity index (χ0v) is 21.4. The summed E-state index contributed by atoms with van der Waals surface area (Å²) in [5.74, 6) is 0.356. The Labute approximate surface area is 220 Å². The summed E-state index contributed by atoms with van der Waals surface area (Å²) in [7, 11) is 3.91. The van der Waals surface area contributed by atoms with Crippen molar-refractivity contribution in [1.29, 1.82) is 0 Å². The van der Waals surface area contributed by atoms with Gasteiger partial charge in [-0.25, -0.2) is 19.0 Å². The summed E-state index contributed by atoms with van der Waals surface area (Å²) in [6, 6.07) is 13.6. The van der Waals surface area contributed by atoms with Crippen molar-refractivity contribution < 1.29 is 13.9 Å². The predicted molar refractivity (Wildman–Crippen MR) is 144 cm³/mol. The fourth-order valence-corrected chi connectivity index (χ4v) is 4.62. The van der Waals surface area contributed by atoms with Crippen LogP contribution < -0.4 is 10.5 Å². The molecule has 5 rings (SSSR count). The van der Waals surface area contributed by atoms with Crippen LogP contribution in [0.1, 0.15) is 18.9 Å². The number of nitrogens with two attached hydrogens (primary N) is 1. The molecule has 196 valence electrons. The first-order chi connectivity index (χ1) is 18.4. The zero-order valence-electron chi connectivity index (χ0n) is 21.4. The molecule has 9 nitrogen and oxygen atoms in total. The van der Waals surface area contributed by atoms with Crippen LogP contribution in [-0.2, 0) is 4.79 Å². The van der Waals surface area contributed by atoms with Gasteiger partial charge in [-0.15, -0.1) is 0 Å². The monoisotopic (exact) mass is 515 g/mol. The number of carbonyl (C=O) groups is 1. The van der Waals surface area contributed by atoms with Crippen LogP contribution in [-0.4, -0.2) is 69.2 Å². The van der Waals surface area contributed by atoms with Crippen LogP contribution in [0.2, 0.25) is 0 Å². The third-order valence-electron chi connectivity index (χ3n) is 6.48. The van der Waals surface area contributed by atoms with Crippen LogP contribution in [0, 0.1) is 5.82 Å². The number of para-hydroxylation sites is 1. The Morgan fingerprint density at radius 2 is 2.03 bits per heavy atom. The third-order valence-corrected chi connectivity index (χ3v) is 6.48. The van der Waals surface area contributed by atoms with Gasteiger partial charge in [-0.2, -0.15) is 5.10 Å². The second-order valence-corrected chi connectivity index (χ2v) is 9.56. The number of nitrogens with zero attached hydrogens (tertiary/aromatic N) is 6. The van der Waals surface area contributed by atoms with E-state index in [1.165, 1.54) is 12.4 Å². The molecule has 0 aliphatic carbocycles. The van der Waals surface area contributed by atoms with Gasteiger partial charge < -0.3 is 20.3 Å². The summed E-state index contributed by atoms with van der Waals surface area (Å²) < 4.78 is 22.6. The SMILES string of the molecule is CN(C)C/C=C/C(=O)N1CCC[C@@H](n2nc(-c3ccc(Oc4ccccc4)c(F)c3)c3c(N)ncnc32)C1. The van der Waals surface area contributed by atoms with Crippen molar-refractivity contribution in [3.8, 4) is 22.8 Å². The molecule has 1 amide bonds. The van der Waals surface area contributed by atoms with E-state index < -0.39 is 5.82 Å². The van der Waals surface area contributed by atoms with E-state index in [1.807, 2.05) is 48.2 Å². The molecule has 38 heavy (non-hydrogen) atoms. The van der Waals surface area contributed by atoms with Gasteiger partial charge in [0, 0.05) is 31.3 Å². The molecule has 2 N–H and O–H groups in total. The number of halogens is 1. The Kier molecular flexibility index (Phi) is 7.32. The molecule has 10 heteroatoms. The van der Waals surface area contributed by atoms with Crippen molar-refractivity contribution in [2.75, 3.05) is 39.5 Å². The van der Waals surface area contributed by atoms with Gasteiger partial charge in [-0.1, -0.05) is 24.3 Å². The molecule has 1 atom stereocenters. The number of aromatic nitrogens is 4. The quantitative estimate of drug-likeness (QED) is 0.366. The van der Waals surface area contributed by atoms with Gasteiger partial charge in [0.05, 0.1) is 11.4 Å². The molecular formula is C28H30FN7O2. The smallest absolute Gasteiger partial charge is 0.246 e. The molecule has 1 aliphatic heterocycles. The molecule has 1 saturated heterocycles. The van der Waals surface area contributed by atoms with Crippen LogP contribution >= 0.6 is 0 Å². The van der Waals surface area contributed by atoms with Gasteiger partial charge in [0.1, 0.15) is 23.6 Å². The molecule has 0 unspecified atom stereocenters. The van der Waals surface area contributed by atoms with E-state index in [9.17, 15) is 4.79 Å². The Hall–Kier alpha value is -4.31. The lowest BCUT2D eigenvalue weighted by molar-refractivity contribution is -0.127. The number of hydrogen-bond acceptors (Lipinski definition) is 7. The van der Waals surface area contributed by atoms with Crippen LogP contribution in [0.4, 0.5) is 10.2 Å². The number of likely N-dealkylation sites (N-methyl/N-ethyl adjacent to an activating group) is 1. The number of amides is 1. The maximum absolute atomic E-state index is 15.1. The minimum Gasteiger partial charge on any atom is -0.454 e. The summed E-state index contributed by atoms with van der Waals surface area (Å²) in [5.41, 5.74) is 7.83. The number of likely N-dealkylation sites (tertiary alicyclic amines) is 1. The van der Waals surface area contributed by atoms with Crippen molar-refractivity contribution in [1.82, 2.24) is 29.5 Å². The molecule has 1 fully saturated rings. The standard InChI is InChI=1S/C28H30FN7O2/c1-34(2)14-7-11-24(37)35-15-6-8-20(17-35)36-28-25(27(30)31-18-32-28)26(33-36)19-12-13-23(22(29)16-19)38-21-9-4-3-5-10-21/h3-5,7,9-13,16,18,20H,6,8,14-15,17H2,1-2H3,(H2,30,31,32)/b11-7+/t20-/m1/s1. The maximum Gasteiger partial charge on any atom is 0.246 e. The maximum atomic E-state index is 15.1. The van der Waals surface area contributed by atoms with Crippen molar-refractivity contribution in [2.45, 2.75) is 18.9 Å². The highest BCUT2D eigenvalue weighted by atomic mass is 19.1. The topological polar surface area (TPSA) is 102 Å². The minimum atomic E-state index is -0.525. The van der Waals surface area contributed by atoms with Crippen molar-refractivity contribution in [2.24, 2.45) is 0 Å². The van der Waals surface area contributed by atoms with E-state index in [2.05, 4.69) is 9.97 Å². The Morgan fingerprint density at radius 1 is 1.21 bits per heavy atom. The molecule has 1 aliphatic rings. The van der Waals surface area contributed by atoms with E-state index in [0.29, 0.717) is 47.7 Å². The highest BCUT2D eigenvalue weighted by molar-refractivity contribution is 5.98. The third kappa shape index (κ3) is 5.35. The number of hydrogen-bond donors (Lipinski definition) is 1. The average molecular weight is 516 g/mol. The van der Waals surface area contributed by atoms with Crippen molar-refractivity contribution in [3.05, 3.63) is 72.8 Å². The van der Waals surface area contributed by atoms with Gasteiger partial charge in [0.25, 0.3) is 0 Å². The van der Waals surface area contributed by atoms with Crippen LogP contribution in [0.15, 0.2) is 67.0 Å². The number of benzene rings is 2. The number of fused-ring (bicyclic) bond motifs is 1. The number of carbonyl (C=O) groups excluding carboxylic acids is 1. The molecule has 4 aromatic rings. The molecule has 2 aromatic heterocycles. The number of ether oxygens (including phenoxy) is 1. The Bertz CT molecular complexity index is 1470. The lowest BCUT2D eigenvalue weighted by Gasteiger charge is -2.32. The average Bonchev–Trinajstić information content (AvgIpc) is 3.31. The summed E-state index contributed by atoms with van der Waals surface area (Å²) >= 11 is 0. The summed E-state index contributed by atoms with van der Waals surface area (Å²) in [6.45, 7) is 1.86. The van der Waals surface area contributed by atoms with E-state index in [4.69, 9.17) is 15.6 Å². The van der Waals surface area contributed by atoms with Crippen LogP contribution in [0.3, 0.4) is 0 Å². The van der Waals surface area contributed by atoms with E-state index in [1.54, 1.807) is 35.0 Å². The Balaban J connectivity index is 1.45. The second-order valence-electron chi connectivity index (χ2n) is 9.56. The normalized spacial score (nSPS) is 16.0. The van der Waals surface area contributed by atoms with E-state index in [-0.39, 0.29) is 23.5 Å². The number of anilines is 1. The number of rotatable bonds is 7. The van der Waals surface area contributed by atoms with Gasteiger partial charge in [-0.3, -0.25) is 4.79 Å². The zero-order chi connectivity index (χ0) is 26.6. The molecular weight excluding hydrogens is 485 g/mol. The van der Waals surface area contributed by atoms with Gasteiger partial charge in [-0.05, 0) is 57.3 Å². The first-order valence-electron chi connectivity index (χ1n) is 12.5. The van der Waals surface area contributed by atoms with Gasteiger partial charge >= 0.3 is 0 Å². The highest BCUT2D eigenvalue weighted by Crippen LogP contribution is 2.36. The minimum absolute atomic E-state index is 0.0292. The highest BCUT2D eigenvalue weighted by Gasteiger charge is 2.28. The largest absolute Gasteiger partial charge is 0.454 e. The fourth-order valence-electron chi connectivity index (χ4n) is 4.62. The second kappa shape index (κ2) is 11.0. The summed E-state index contributed by atoms with van der Waals surface area (Å²) in [4.78, 5) is 25.2. The number of nitrogen functional groups attached to an aromatic ring is 1. The first kappa shape index (κ1) is 25.3. The lowest BCUT2D eigenvalue weighted by atomic mass is 10.1. The first-order valence-corrected chi connectivity index (χ1v) is 12.5. The molecule has 0 radical (unpaired) electrons. The Morgan fingerprint density at radius 3 is 2.79 bits per heavy atom. The van der Waals surface area contributed by atoms with Gasteiger partial charge in [0.15, 0.2) is 17.2 Å². The summed E-state index contributed by atoms with van der Waals surface area (Å²) in [6.07, 6.45) is 6.53. The van der Waals surface area contributed by atoms with Gasteiger partial charge in [0.2, 0.25) is 5.91 Å². The molecule has 0 spiro atoms. The van der Waals surface area contributed by atoms with Crippen LogP contribution in [0.25, 0.3) is 22.3 Å². The molecule has 0 saturated carbocycles. The van der Waals surface area contributed by atoms with E-state index in [0.717, 1.165) is 12.8 Å². The lowest BCUT2D eigenvalue weighted by Crippen LogP contribution is -2.40. The van der Waals surface area contributed by atoms with Crippen molar-refractivity contribution >= 4 is 22.8 Å². The molecule has 3 heterocycles. The predicted octanol–water partition coefficient (Wildman–Crippen LogP) is 4.29. The summed E-state index contributed by atoms with van der Waals surface area (Å²) in [5, 5.41) is 5.40. The number of piperidine rings is 1. The molecule has 2 aromatic carbocycles. The molecule has 0 bridgehead atoms. The van der Waals surface area contributed by atoms with E-state index >= 15 is 4.39 Å². The fraction of sp³-hybridized carbons (Fsp3) is 0.286. The van der Waals surface area contributed by atoms with Crippen LogP contribution in [0.5, 0.6) is 11.5 Å².